The van der Waals surface area contributed by atoms with Gasteiger partial charge >= 0.3 is 0 Å². The van der Waals surface area contributed by atoms with Gasteiger partial charge in [0.25, 0.3) is 0 Å². The second-order valence-corrected chi connectivity index (χ2v) is 5.13. The number of hydrogen-bond acceptors (Lipinski definition) is 6. The standard InChI is InChI=1S/C16H16N4O3/c1-3-10-14-13(8-4-5-12(22-2)11(21)6-8)9(7-17)15(18)23-16(14)20-19-10/h4-6,13,21H,3,18H2,1-2H3,(H,19,20)/t13-/m1/s1. The maximum absolute atomic E-state index is 10.1. The Hall–Kier alpha value is -3.14. The Labute approximate surface area is 132 Å². The molecule has 0 spiro atoms. The molecule has 7 nitrogen and oxygen atoms in total. The Morgan fingerprint density at radius 2 is 2.30 bits per heavy atom. The summed E-state index contributed by atoms with van der Waals surface area (Å²) in [6, 6.07) is 7.11. The first-order chi connectivity index (χ1) is 11.1. The largest absolute Gasteiger partial charge is 0.504 e. The van der Waals surface area contributed by atoms with Crippen molar-refractivity contribution < 1.29 is 14.6 Å². The van der Waals surface area contributed by atoms with Crippen LogP contribution >= 0.6 is 0 Å². The Bertz CT molecular complexity index is 832. The molecule has 0 bridgehead atoms. The van der Waals surface area contributed by atoms with Gasteiger partial charge in [-0.05, 0) is 24.1 Å². The average Bonchev–Trinajstić information content (AvgIpc) is 2.95. The lowest BCUT2D eigenvalue weighted by Gasteiger charge is -2.24. The first kappa shape index (κ1) is 14.8. The number of methoxy groups -OCH3 is 1. The quantitative estimate of drug-likeness (QED) is 0.797. The van der Waals surface area contributed by atoms with Crippen LogP contribution in [0.15, 0.2) is 29.7 Å². The summed E-state index contributed by atoms with van der Waals surface area (Å²) in [7, 11) is 1.48. The normalized spacial score (nSPS) is 16.5. The van der Waals surface area contributed by atoms with Crippen molar-refractivity contribution in [2.75, 3.05) is 7.11 Å². The molecule has 1 atom stereocenters. The van der Waals surface area contributed by atoms with Crippen LogP contribution in [-0.2, 0) is 6.42 Å². The molecule has 0 amide bonds. The molecule has 1 aliphatic rings. The van der Waals surface area contributed by atoms with Crippen molar-refractivity contribution in [1.29, 1.82) is 5.26 Å². The van der Waals surface area contributed by atoms with E-state index in [9.17, 15) is 10.4 Å². The van der Waals surface area contributed by atoms with Gasteiger partial charge in [-0.25, -0.2) is 0 Å². The number of H-pyrrole nitrogens is 1. The Balaban J connectivity index is 2.21. The zero-order chi connectivity index (χ0) is 16.6. The number of aromatic hydroxyl groups is 1. The molecular formula is C16H16N4O3. The van der Waals surface area contributed by atoms with Crippen molar-refractivity contribution in [2.45, 2.75) is 19.3 Å². The Kier molecular flexibility index (Phi) is 3.58. The second kappa shape index (κ2) is 5.57. The number of aryl methyl sites for hydroxylation is 1. The van der Waals surface area contributed by atoms with Crippen LogP contribution < -0.4 is 15.2 Å². The predicted molar refractivity (Wildman–Crippen MR) is 81.9 cm³/mol. The SMILES string of the molecule is CCc1[nH]nc2c1[C@H](c1ccc(OC)c(O)c1)C(C#N)=C(N)O2. The van der Waals surface area contributed by atoms with E-state index in [1.165, 1.54) is 7.11 Å². The van der Waals surface area contributed by atoms with E-state index < -0.39 is 5.92 Å². The Morgan fingerprint density at radius 3 is 2.91 bits per heavy atom. The second-order valence-electron chi connectivity index (χ2n) is 5.13. The number of phenolic OH excluding ortho intramolecular Hbond substituents is 1. The number of nitrogens with two attached hydrogens (primary N) is 1. The molecule has 1 aromatic heterocycles. The first-order valence-electron chi connectivity index (χ1n) is 7.12. The zero-order valence-corrected chi connectivity index (χ0v) is 12.8. The van der Waals surface area contributed by atoms with Gasteiger partial charge in [0.05, 0.1) is 13.0 Å². The highest BCUT2D eigenvalue weighted by molar-refractivity contribution is 5.57. The molecule has 3 rings (SSSR count). The highest BCUT2D eigenvalue weighted by Crippen LogP contribution is 2.44. The van der Waals surface area contributed by atoms with Crippen LogP contribution in [0.2, 0.25) is 0 Å². The van der Waals surface area contributed by atoms with Crippen molar-refractivity contribution in [1.82, 2.24) is 10.2 Å². The molecule has 2 aromatic rings. The summed E-state index contributed by atoms with van der Waals surface area (Å²) >= 11 is 0. The average molecular weight is 312 g/mol. The van der Waals surface area contributed by atoms with Crippen LogP contribution in [0.4, 0.5) is 0 Å². The summed E-state index contributed by atoms with van der Waals surface area (Å²) in [6.45, 7) is 1.98. The lowest BCUT2D eigenvalue weighted by Crippen LogP contribution is -2.21. The summed E-state index contributed by atoms with van der Waals surface area (Å²) < 4.78 is 10.5. The highest BCUT2D eigenvalue weighted by atomic mass is 16.5. The number of rotatable bonds is 3. The van der Waals surface area contributed by atoms with Gasteiger partial charge in [0, 0.05) is 11.3 Å². The number of fused-ring (bicyclic) bond motifs is 1. The van der Waals surface area contributed by atoms with Gasteiger partial charge in [-0.2, -0.15) is 5.26 Å². The van der Waals surface area contributed by atoms with Crippen LogP contribution in [0.5, 0.6) is 17.4 Å². The van der Waals surface area contributed by atoms with Gasteiger partial charge in [0.1, 0.15) is 11.6 Å². The minimum Gasteiger partial charge on any atom is -0.504 e. The Morgan fingerprint density at radius 1 is 1.52 bits per heavy atom. The number of nitrogens with zero attached hydrogens (tertiary/aromatic N) is 2. The summed E-state index contributed by atoms with van der Waals surface area (Å²) in [6.07, 6.45) is 0.697. The van der Waals surface area contributed by atoms with Crippen molar-refractivity contribution in [2.24, 2.45) is 5.73 Å². The molecular weight excluding hydrogens is 296 g/mol. The van der Waals surface area contributed by atoms with Crippen LogP contribution in [0.25, 0.3) is 0 Å². The molecule has 118 valence electrons. The third-order valence-electron chi connectivity index (χ3n) is 3.91. The number of hydrogen-bond donors (Lipinski definition) is 3. The molecule has 7 heteroatoms. The van der Waals surface area contributed by atoms with E-state index in [-0.39, 0.29) is 17.2 Å². The van der Waals surface area contributed by atoms with Crippen LogP contribution in [0.1, 0.15) is 29.7 Å². The number of aromatic amines is 1. The van der Waals surface area contributed by atoms with Crippen molar-refractivity contribution in [3.05, 3.63) is 46.5 Å². The van der Waals surface area contributed by atoms with Gasteiger partial charge in [0.15, 0.2) is 11.5 Å². The number of phenols is 1. The summed E-state index contributed by atoms with van der Waals surface area (Å²) in [4.78, 5) is 0. The van der Waals surface area contributed by atoms with E-state index >= 15 is 0 Å². The van der Waals surface area contributed by atoms with E-state index in [4.69, 9.17) is 15.2 Å². The summed E-state index contributed by atoms with van der Waals surface area (Å²) in [5.74, 6) is 0.289. The van der Waals surface area contributed by atoms with Crippen molar-refractivity contribution in [3.63, 3.8) is 0 Å². The molecule has 0 radical (unpaired) electrons. The minimum atomic E-state index is -0.450. The van der Waals surface area contributed by atoms with Crippen LogP contribution in [0, 0.1) is 11.3 Å². The number of nitriles is 1. The molecule has 1 aromatic carbocycles. The minimum absolute atomic E-state index is 0.00422. The first-order valence-corrected chi connectivity index (χ1v) is 7.12. The molecule has 1 aliphatic heterocycles. The third kappa shape index (κ3) is 2.25. The molecule has 0 saturated heterocycles. The number of allylic oxidation sites excluding steroid dienone is 1. The summed E-state index contributed by atoms with van der Waals surface area (Å²) in [5, 5.41) is 26.6. The molecule has 0 saturated carbocycles. The predicted octanol–water partition coefficient (Wildman–Crippen LogP) is 1.90. The maximum atomic E-state index is 10.1. The number of ether oxygens (including phenoxy) is 2. The number of benzene rings is 1. The maximum Gasteiger partial charge on any atom is 0.244 e. The van der Waals surface area contributed by atoms with Crippen molar-refractivity contribution in [3.8, 4) is 23.4 Å². The van der Waals surface area contributed by atoms with Crippen LogP contribution in [0.3, 0.4) is 0 Å². The van der Waals surface area contributed by atoms with Crippen LogP contribution in [-0.4, -0.2) is 22.4 Å². The third-order valence-corrected chi connectivity index (χ3v) is 3.91. The molecule has 4 N–H and O–H groups in total. The highest BCUT2D eigenvalue weighted by Gasteiger charge is 2.35. The monoisotopic (exact) mass is 312 g/mol. The lowest BCUT2D eigenvalue weighted by molar-refractivity contribution is 0.371. The smallest absolute Gasteiger partial charge is 0.244 e. The lowest BCUT2D eigenvalue weighted by atomic mass is 9.83. The molecule has 2 heterocycles. The molecule has 0 fully saturated rings. The van der Waals surface area contributed by atoms with E-state index in [1.807, 2.05) is 6.92 Å². The number of nitrogens with one attached hydrogen (secondary N) is 1. The van der Waals surface area contributed by atoms with Gasteiger partial charge < -0.3 is 20.3 Å². The fourth-order valence-corrected chi connectivity index (χ4v) is 2.80. The van der Waals surface area contributed by atoms with Gasteiger partial charge in [-0.15, -0.1) is 5.10 Å². The topological polar surface area (TPSA) is 117 Å². The molecule has 0 unspecified atom stereocenters. The van der Waals surface area contributed by atoms with E-state index in [1.54, 1.807) is 18.2 Å². The fraction of sp³-hybridized carbons (Fsp3) is 0.250. The van der Waals surface area contributed by atoms with E-state index in [0.29, 0.717) is 23.6 Å². The van der Waals surface area contributed by atoms with E-state index in [2.05, 4.69) is 16.3 Å². The zero-order valence-electron chi connectivity index (χ0n) is 12.8. The molecule has 23 heavy (non-hydrogen) atoms. The van der Waals surface area contributed by atoms with Gasteiger partial charge in [-0.1, -0.05) is 13.0 Å². The summed E-state index contributed by atoms with van der Waals surface area (Å²) in [5.41, 5.74) is 8.50. The van der Waals surface area contributed by atoms with Crippen molar-refractivity contribution >= 4 is 0 Å². The van der Waals surface area contributed by atoms with E-state index in [0.717, 1.165) is 11.3 Å². The number of aromatic nitrogens is 2. The fourth-order valence-electron chi connectivity index (χ4n) is 2.80. The van der Waals surface area contributed by atoms with Gasteiger partial charge in [0.2, 0.25) is 11.8 Å². The molecule has 0 aliphatic carbocycles. The van der Waals surface area contributed by atoms with Gasteiger partial charge in [-0.3, -0.25) is 5.10 Å².